The minimum atomic E-state index is -4.38. The highest BCUT2D eigenvalue weighted by Crippen LogP contribution is 2.33. The van der Waals surface area contributed by atoms with Crippen molar-refractivity contribution in [1.82, 2.24) is 19.7 Å². The summed E-state index contributed by atoms with van der Waals surface area (Å²) in [6.45, 7) is 0. The first-order valence-electron chi connectivity index (χ1n) is 9.25. The third-order valence-electron chi connectivity index (χ3n) is 4.52. The molecule has 0 aliphatic rings. The summed E-state index contributed by atoms with van der Waals surface area (Å²) in [7, 11) is 1.59. The van der Waals surface area contributed by atoms with Crippen LogP contribution in [0.15, 0.2) is 78.2 Å². The maximum absolute atomic E-state index is 13.0. The van der Waals surface area contributed by atoms with Crippen LogP contribution in [0.25, 0.3) is 17.1 Å². The lowest BCUT2D eigenvalue weighted by Crippen LogP contribution is -2.05. The fourth-order valence-electron chi connectivity index (χ4n) is 3.00. The first kappa shape index (κ1) is 20.9. The van der Waals surface area contributed by atoms with Crippen LogP contribution in [0.3, 0.4) is 0 Å². The topological polar surface area (TPSA) is 52.8 Å². The summed E-state index contributed by atoms with van der Waals surface area (Å²) < 4.78 is 46.2. The lowest BCUT2D eigenvalue weighted by molar-refractivity contribution is -0.137. The standard InChI is InChI=1S/C22H17F3N4OS/c1-30-19-7-5-18(6-8-19)29-20(16-9-11-26-12-10-16)27-28-21(29)31-14-15-3-2-4-17(13-15)22(23,24)25/h2-13H,14H2,1H3. The molecule has 9 heteroatoms. The number of methoxy groups -OCH3 is 1. The number of ether oxygens (including phenoxy) is 1. The highest BCUT2D eigenvalue weighted by atomic mass is 32.2. The molecule has 0 bridgehead atoms. The van der Waals surface area contributed by atoms with E-state index in [0.717, 1.165) is 23.4 Å². The lowest BCUT2D eigenvalue weighted by atomic mass is 10.1. The van der Waals surface area contributed by atoms with Crippen molar-refractivity contribution in [1.29, 1.82) is 0 Å². The van der Waals surface area contributed by atoms with Gasteiger partial charge in [0.2, 0.25) is 0 Å². The van der Waals surface area contributed by atoms with Crippen molar-refractivity contribution in [2.24, 2.45) is 0 Å². The Labute approximate surface area is 180 Å². The molecule has 0 radical (unpaired) electrons. The van der Waals surface area contributed by atoms with Crippen LogP contribution < -0.4 is 4.74 Å². The molecule has 2 heterocycles. The summed E-state index contributed by atoms with van der Waals surface area (Å²) in [6.07, 6.45) is -1.05. The second-order valence-electron chi connectivity index (χ2n) is 6.56. The number of rotatable bonds is 6. The molecule has 0 fully saturated rings. The zero-order chi connectivity index (χ0) is 21.8. The molecular weight excluding hydrogens is 425 g/mol. The van der Waals surface area contributed by atoms with Crippen molar-refractivity contribution in [3.63, 3.8) is 0 Å². The maximum Gasteiger partial charge on any atom is 0.416 e. The zero-order valence-corrected chi connectivity index (χ0v) is 17.2. The molecule has 2 aromatic carbocycles. The van der Waals surface area contributed by atoms with Crippen molar-refractivity contribution in [3.05, 3.63) is 84.2 Å². The number of nitrogens with zero attached hydrogens (tertiary/aromatic N) is 4. The molecule has 0 aliphatic carbocycles. The van der Waals surface area contributed by atoms with Gasteiger partial charge in [-0.15, -0.1) is 10.2 Å². The summed E-state index contributed by atoms with van der Waals surface area (Å²) in [5.74, 6) is 1.63. The number of pyridine rings is 1. The number of hydrogen-bond donors (Lipinski definition) is 0. The summed E-state index contributed by atoms with van der Waals surface area (Å²) in [6, 6.07) is 16.4. The molecule has 2 aromatic heterocycles. The van der Waals surface area contributed by atoms with E-state index in [4.69, 9.17) is 4.74 Å². The summed E-state index contributed by atoms with van der Waals surface area (Å²) >= 11 is 1.31. The Bertz CT molecular complexity index is 1160. The second kappa shape index (κ2) is 8.81. The zero-order valence-electron chi connectivity index (χ0n) is 16.4. The van der Waals surface area contributed by atoms with Crippen molar-refractivity contribution in [2.45, 2.75) is 17.1 Å². The predicted molar refractivity (Wildman–Crippen MR) is 112 cm³/mol. The maximum atomic E-state index is 13.0. The van der Waals surface area contributed by atoms with Gasteiger partial charge in [-0.05, 0) is 48.0 Å². The minimum Gasteiger partial charge on any atom is -0.497 e. The fourth-order valence-corrected chi connectivity index (χ4v) is 3.90. The van der Waals surface area contributed by atoms with Crippen LogP contribution in [0.1, 0.15) is 11.1 Å². The molecule has 0 unspecified atom stereocenters. The largest absolute Gasteiger partial charge is 0.497 e. The van der Waals surface area contributed by atoms with Crippen LogP contribution in [0.4, 0.5) is 13.2 Å². The molecule has 0 spiro atoms. The van der Waals surface area contributed by atoms with Gasteiger partial charge < -0.3 is 4.74 Å². The summed E-state index contributed by atoms with van der Waals surface area (Å²) in [5, 5.41) is 9.19. The van der Waals surface area contributed by atoms with Crippen molar-refractivity contribution < 1.29 is 17.9 Å². The Morgan fingerprint density at radius 1 is 0.968 bits per heavy atom. The number of hydrogen-bond acceptors (Lipinski definition) is 5. The third kappa shape index (κ3) is 4.72. The highest BCUT2D eigenvalue weighted by Gasteiger charge is 2.30. The third-order valence-corrected chi connectivity index (χ3v) is 5.52. The van der Waals surface area contributed by atoms with E-state index >= 15 is 0 Å². The monoisotopic (exact) mass is 442 g/mol. The van der Waals surface area contributed by atoms with Gasteiger partial charge >= 0.3 is 6.18 Å². The molecule has 0 atom stereocenters. The van der Waals surface area contributed by atoms with Crippen LogP contribution in [0, 0.1) is 0 Å². The second-order valence-corrected chi connectivity index (χ2v) is 7.50. The van der Waals surface area contributed by atoms with Crippen molar-refractivity contribution in [2.75, 3.05) is 7.11 Å². The number of halogens is 3. The summed E-state index contributed by atoms with van der Waals surface area (Å²) in [4.78, 5) is 4.04. The molecular formula is C22H17F3N4OS. The highest BCUT2D eigenvalue weighted by molar-refractivity contribution is 7.98. The van der Waals surface area contributed by atoms with Gasteiger partial charge in [-0.2, -0.15) is 13.2 Å². The molecule has 4 aromatic rings. The number of benzene rings is 2. The Morgan fingerprint density at radius 2 is 1.71 bits per heavy atom. The molecule has 158 valence electrons. The van der Waals surface area contributed by atoms with Crippen LogP contribution in [-0.2, 0) is 11.9 Å². The van der Waals surface area contributed by atoms with E-state index < -0.39 is 11.7 Å². The lowest BCUT2D eigenvalue weighted by Gasteiger charge is -2.12. The van der Waals surface area contributed by atoms with Gasteiger partial charge in [0.1, 0.15) is 5.75 Å². The number of aromatic nitrogens is 4. The SMILES string of the molecule is COc1ccc(-n2c(SCc3cccc(C(F)(F)F)c3)nnc2-c2ccncc2)cc1. The average molecular weight is 442 g/mol. The number of alkyl halides is 3. The molecule has 4 rings (SSSR count). The van der Waals surface area contributed by atoms with E-state index in [9.17, 15) is 13.2 Å². The molecule has 0 N–H and O–H groups in total. The molecule has 0 saturated carbocycles. The van der Waals surface area contributed by atoms with Gasteiger partial charge in [0.25, 0.3) is 0 Å². The fraction of sp³-hybridized carbons (Fsp3) is 0.136. The van der Waals surface area contributed by atoms with E-state index in [2.05, 4.69) is 15.2 Å². The molecule has 5 nitrogen and oxygen atoms in total. The molecule has 0 saturated heterocycles. The van der Waals surface area contributed by atoms with Crippen LogP contribution >= 0.6 is 11.8 Å². The van der Waals surface area contributed by atoms with Crippen LogP contribution in [0.2, 0.25) is 0 Å². The van der Waals surface area contributed by atoms with Crippen LogP contribution in [-0.4, -0.2) is 26.9 Å². The Kier molecular flexibility index (Phi) is 5.94. The summed E-state index contributed by atoms with van der Waals surface area (Å²) in [5.41, 5.74) is 1.52. The predicted octanol–water partition coefficient (Wildman–Crippen LogP) is 5.65. The Balaban J connectivity index is 1.68. The first-order chi connectivity index (χ1) is 15.0. The molecule has 31 heavy (non-hydrogen) atoms. The van der Waals surface area contributed by atoms with E-state index in [1.165, 1.54) is 17.8 Å². The van der Waals surface area contributed by atoms with E-state index in [1.807, 2.05) is 41.0 Å². The van der Waals surface area contributed by atoms with Crippen LogP contribution in [0.5, 0.6) is 5.75 Å². The van der Waals surface area contributed by atoms with Gasteiger partial charge in [-0.25, -0.2) is 0 Å². The smallest absolute Gasteiger partial charge is 0.416 e. The van der Waals surface area contributed by atoms with Gasteiger partial charge in [0.15, 0.2) is 11.0 Å². The van der Waals surface area contributed by atoms with E-state index in [1.54, 1.807) is 25.6 Å². The molecule has 0 aliphatic heterocycles. The van der Waals surface area contributed by atoms with Gasteiger partial charge in [-0.3, -0.25) is 9.55 Å². The normalized spacial score (nSPS) is 11.5. The number of thioether (sulfide) groups is 1. The Hall–Kier alpha value is -3.33. The average Bonchev–Trinajstić information content (AvgIpc) is 3.22. The van der Waals surface area contributed by atoms with E-state index in [-0.39, 0.29) is 0 Å². The van der Waals surface area contributed by atoms with Gasteiger partial charge in [0.05, 0.1) is 12.7 Å². The van der Waals surface area contributed by atoms with Crippen molar-refractivity contribution >= 4 is 11.8 Å². The molecule has 0 amide bonds. The van der Waals surface area contributed by atoms with Gasteiger partial charge in [-0.1, -0.05) is 30.0 Å². The minimum absolute atomic E-state index is 0.314. The van der Waals surface area contributed by atoms with E-state index in [0.29, 0.717) is 28.0 Å². The Morgan fingerprint density at radius 3 is 2.39 bits per heavy atom. The van der Waals surface area contributed by atoms with Gasteiger partial charge in [0, 0.05) is 29.4 Å². The van der Waals surface area contributed by atoms with Crippen molar-refractivity contribution in [3.8, 4) is 22.8 Å². The first-order valence-corrected chi connectivity index (χ1v) is 10.2. The quantitative estimate of drug-likeness (QED) is 0.361.